The highest BCUT2D eigenvalue weighted by atomic mass is 15.4. The van der Waals surface area contributed by atoms with Crippen LogP contribution in [0.4, 0.5) is 0 Å². The quantitative estimate of drug-likeness (QED) is 0.411. The fraction of sp³-hybridized carbons (Fsp3) is 0.714. The molecule has 12 heavy (non-hydrogen) atoms. The highest BCUT2D eigenvalue weighted by Crippen LogP contribution is 1.93. The first-order valence-corrected chi connectivity index (χ1v) is 4.04. The minimum atomic E-state index is 0.449. The summed E-state index contributed by atoms with van der Waals surface area (Å²) < 4.78 is 1.44. The summed E-state index contributed by atoms with van der Waals surface area (Å²) in [5.74, 6) is 0.449. The van der Waals surface area contributed by atoms with Crippen LogP contribution in [0.15, 0.2) is 0 Å². The molecule has 66 valence electrons. The van der Waals surface area contributed by atoms with E-state index in [1.165, 1.54) is 4.58 Å². The van der Waals surface area contributed by atoms with Gasteiger partial charge in [0.05, 0.1) is 0 Å². The predicted octanol–water partition coefficient (Wildman–Crippen LogP) is -0.975. The molecule has 0 atom stereocenters. The van der Waals surface area contributed by atoms with Crippen molar-refractivity contribution in [1.82, 2.24) is 10.2 Å². The van der Waals surface area contributed by atoms with Gasteiger partial charge < -0.3 is 5.73 Å². The van der Waals surface area contributed by atoms with Crippen LogP contribution in [0.5, 0.6) is 0 Å². The summed E-state index contributed by atoms with van der Waals surface area (Å²) in [5.41, 5.74) is 5.53. The third-order valence-electron chi connectivity index (χ3n) is 1.78. The van der Waals surface area contributed by atoms with Crippen LogP contribution in [-0.2, 0) is 0 Å². The second-order valence-corrected chi connectivity index (χ2v) is 2.78. The number of nitrogens with two attached hydrogens (primary N) is 1. The molecule has 0 bridgehead atoms. The van der Waals surface area contributed by atoms with Crippen LogP contribution >= 0.6 is 0 Å². The molecule has 5 heteroatoms. The van der Waals surface area contributed by atoms with Gasteiger partial charge in [0, 0.05) is 6.54 Å². The second kappa shape index (κ2) is 3.93. The molecule has 0 amide bonds. The van der Waals surface area contributed by atoms with Gasteiger partial charge in [0.25, 0.3) is 0 Å². The third kappa shape index (κ3) is 1.86. The normalized spacial score (nSPS) is 18.7. The Bertz CT molecular complexity index is 226. The number of nitrogens with zero attached hydrogens (tertiary/aromatic N) is 3. The maximum atomic E-state index is 8.66. The Morgan fingerprint density at radius 2 is 2.58 bits per heavy atom. The molecule has 1 aliphatic rings. The first-order valence-electron chi connectivity index (χ1n) is 4.04. The molecule has 3 N–H and O–H groups in total. The van der Waals surface area contributed by atoms with Crippen molar-refractivity contribution in [3.05, 3.63) is 0 Å². The number of hydrogen-bond donors (Lipinski definition) is 2. The lowest BCUT2D eigenvalue weighted by molar-refractivity contribution is -0.476. The Hall–Kier alpha value is -1.28. The van der Waals surface area contributed by atoms with E-state index in [9.17, 15) is 0 Å². The number of rotatable bonds is 2. The summed E-state index contributed by atoms with van der Waals surface area (Å²) in [4.78, 5) is 2.12. The Labute approximate surface area is 72.1 Å². The lowest BCUT2D eigenvalue weighted by Gasteiger charge is -2.24. The standard InChI is InChI=1S/C7H13N5/c1-2-3-11-5-10-7(9)12(4-8)6-11/h2-3,5-6H2,1H3,(H2,9,10)/p+1. The summed E-state index contributed by atoms with van der Waals surface area (Å²) in [5, 5.41) is 11.6. The zero-order valence-corrected chi connectivity index (χ0v) is 7.25. The van der Waals surface area contributed by atoms with Crippen molar-refractivity contribution >= 4 is 5.96 Å². The Balaban J connectivity index is 2.57. The predicted molar refractivity (Wildman–Crippen MR) is 44.9 cm³/mol. The van der Waals surface area contributed by atoms with Gasteiger partial charge in [-0.25, -0.2) is 4.90 Å². The van der Waals surface area contributed by atoms with Crippen molar-refractivity contribution in [1.29, 1.82) is 5.26 Å². The van der Waals surface area contributed by atoms with E-state index in [4.69, 9.17) is 11.0 Å². The molecule has 0 aromatic rings. The molecule has 0 spiro atoms. The van der Waals surface area contributed by atoms with Crippen molar-refractivity contribution < 1.29 is 4.58 Å². The molecular weight excluding hydrogens is 154 g/mol. The van der Waals surface area contributed by atoms with Crippen LogP contribution in [0.3, 0.4) is 0 Å². The fourth-order valence-electron chi connectivity index (χ4n) is 1.17. The lowest BCUT2D eigenvalue weighted by atomic mass is 10.4. The Morgan fingerprint density at radius 1 is 1.83 bits per heavy atom. The minimum Gasteiger partial charge on any atom is -0.310 e. The molecular formula is C7H14N5+. The molecule has 5 nitrogen and oxygen atoms in total. The van der Waals surface area contributed by atoms with Gasteiger partial charge in [-0.05, 0) is 11.7 Å². The number of guanidine groups is 1. The van der Waals surface area contributed by atoms with E-state index in [0.29, 0.717) is 12.6 Å². The van der Waals surface area contributed by atoms with Crippen LogP contribution in [-0.4, -0.2) is 35.3 Å². The second-order valence-electron chi connectivity index (χ2n) is 2.78. The van der Waals surface area contributed by atoms with Crippen molar-refractivity contribution in [2.45, 2.75) is 13.3 Å². The van der Waals surface area contributed by atoms with Gasteiger partial charge in [0.2, 0.25) is 0 Å². The first kappa shape index (κ1) is 8.81. The summed E-state index contributed by atoms with van der Waals surface area (Å²) in [7, 11) is 0. The molecule has 0 unspecified atom stereocenters. The van der Waals surface area contributed by atoms with E-state index in [1.54, 1.807) is 0 Å². The monoisotopic (exact) mass is 168 g/mol. The summed E-state index contributed by atoms with van der Waals surface area (Å²) in [6.45, 7) is 4.43. The van der Waals surface area contributed by atoms with Crippen LogP contribution in [0.1, 0.15) is 13.3 Å². The van der Waals surface area contributed by atoms with E-state index in [0.717, 1.165) is 19.6 Å². The van der Waals surface area contributed by atoms with Gasteiger partial charge in [-0.3, -0.25) is 5.32 Å². The van der Waals surface area contributed by atoms with E-state index in [1.807, 2.05) is 6.19 Å². The molecule has 1 aliphatic heterocycles. The molecule has 0 saturated heterocycles. The zero-order valence-electron chi connectivity index (χ0n) is 7.25. The van der Waals surface area contributed by atoms with Crippen LogP contribution in [0, 0.1) is 11.5 Å². The lowest BCUT2D eigenvalue weighted by Crippen LogP contribution is -2.53. The maximum absolute atomic E-state index is 8.66. The average Bonchev–Trinajstić information content (AvgIpc) is 2.09. The maximum Gasteiger partial charge on any atom is 0.327 e. The molecule has 0 aromatic heterocycles. The summed E-state index contributed by atoms with van der Waals surface area (Å²) >= 11 is 0. The first-order chi connectivity index (χ1) is 5.77. The highest BCUT2D eigenvalue weighted by Gasteiger charge is 2.18. The fourth-order valence-corrected chi connectivity index (χ4v) is 1.17. The highest BCUT2D eigenvalue weighted by molar-refractivity contribution is 5.73. The van der Waals surface area contributed by atoms with Gasteiger partial charge in [-0.2, -0.15) is 4.58 Å². The van der Waals surface area contributed by atoms with Gasteiger partial charge in [-0.1, -0.05) is 6.92 Å². The minimum absolute atomic E-state index is 0.449. The third-order valence-corrected chi connectivity index (χ3v) is 1.78. The number of nitrogens with one attached hydrogen (secondary N) is 1. The Kier molecular flexibility index (Phi) is 2.88. The molecule has 0 aromatic carbocycles. The van der Waals surface area contributed by atoms with Gasteiger partial charge in [-0.15, -0.1) is 0 Å². The molecule has 0 radical (unpaired) electrons. The summed E-state index contributed by atoms with van der Waals surface area (Å²) in [6, 6.07) is 0. The molecule has 1 rings (SSSR count). The van der Waals surface area contributed by atoms with Gasteiger partial charge in [0.1, 0.15) is 13.3 Å². The van der Waals surface area contributed by atoms with E-state index < -0.39 is 0 Å². The van der Waals surface area contributed by atoms with E-state index >= 15 is 0 Å². The smallest absolute Gasteiger partial charge is 0.310 e. The van der Waals surface area contributed by atoms with Gasteiger partial charge >= 0.3 is 12.2 Å². The van der Waals surface area contributed by atoms with Crippen molar-refractivity contribution in [3.63, 3.8) is 0 Å². The van der Waals surface area contributed by atoms with Gasteiger partial charge in [0.15, 0.2) is 0 Å². The topological polar surface area (TPSA) is 68.1 Å². The largest absolute Gasteiger partial charge is 0.327 e. The van der Waals surface area contributed by atoms with Crippen LogP contribution < -0.4 is 11.1 Å². The average molecular weight is 168 g/mol. The SMILES string of the molecule is CCCN1CNC(N)=[N+](C#N)C1. The van der Waals surface area contributed by atoms with Crippen molar-refractivity contribution in [2.75, 3.05) is 19.9 Å². The Morgan fingerprint density at radius 3 is 3.17 bits per heavy atom. The molecule has 1 heterocycles. The number of hydrogen-bond acceptors (Lipinski definition) is 4. The van der Waals surface area contributed by atoms with E-state index in [-0.39, 0.29) is 0 Å². The van der Waals surface area contributed by atoms with E-state index in [2.05, 4.69) is 17.1 Å². The van der Waals surface area contributed by atoms with Crippen LogP contribution in [0.25, 0.3) is 0 Å². The molecule has 0 aliphatic carbocycles. The summed E-state index contributed by atoms with van der Waals surface area (Å²) in [6.07, 6.45) is 3.09. The molecule has 0 fully saturated rings. The van der Waals surface area contributed by atoms with Crippen molar-refractivity contribution in [3.8, 4) is 6.19 Å². The molecule has 0 saturated carbocycles. The van der Waals surface area contributed by atoms with Crippen LogP contribution in [0.2, 0.25) is 0 Å². The number of nitriles is 1. The zero-order chi connectivity index (χ0) is 8.97. The van der Waals surface area contributed by atoms with Crippen molar-refractivity contribution in [2.24, 2.45) is 5.73 Å².